The number of carbonyl (C=O) groups excluding carboxylic acids is 3. The summed E-state index contributed by atoms with van der Waals surface area (Å²) < 4.78 is 22.7. The SMILES string of the molecule is CCCCCCC/C=C\C/C=C\CCCCCCCCCCCCCCCCCC(=O)OC(COC(=O)CCCCCCCCCCC/C=C\C/C=C\CCCCCCC)COC(OCC[N+](C)(C)C)C(=O)[O-]. The number of esters is 2. The highest BCUT2D eigenvalue weighted by molar-refractivity contribution is 5.70. The number of allylic oxidation sites excluding steroid dienone is 8. The van der Waals surface area contributed by atoms with Gasteiger partial charge in [-0.25, -0.2) is 0 Å². The first-order valence-corrected chi connectivity index (χ1v) is 30.8. The number of carboxylic acid groups (broad SMARTS) is 1. The Morgan fingerprint density at radius 1 is 0.411 bits per heavy atom. The van der Waals surface area contributed by atoms with Gasteiger partial charge in [0.15, 0.2) is 12.4 Å². The molecular weight excluding hydrogens is 911 g/mol. The first-order valence-electron chi connectivity index (χ1n) is 30.8. The predicted molar refractivity (Wildman–Crippen MR) is 306 cm³/mol. The lowest BCUT2D eigenvalue weighted by Gasteiger charge is -2.26. The summed E-state index contributed by atoms with van der Waals surface area (Å²) in [6, 6.07) is 0. The highest BCUT2D eigenvalue weighted by atomic mass is 16.7. The average Bonchev–Trinajstić information content (AvgIpc) is 3.36. The molecule has 0 saturated heterocycles. The highest BCUT2D eigenvalue weighted by Gasteiger charge is 2.22. The van der Waals surface area contributed by atoms with Crippen LogP contribution >= 0.6 is 0 Å². The molecular formula is C64H117NO8. The predicted octanol–water partition coefficient (Wildman–Crippen LogP) is 16.9. The van der Waals surface area contributed by atoms with Crippen molar-refractivity contribution in [2.75, 3.05) is 47.5 Å². The topological polar surface area (TPSA) is 111 Å². The minimum atomic E-state index is -1.62. The number of ether oxygens (including phenoxy) is 4. The zero-order chi connectivity index (χ0) is 53.4. The van der Waals surface area contributed by atoms with Crippen LogP contribution in [-0.4, -0.2) is 82.3 Å². The van der Waals surface area contributed by atoms with Gasteiger partial charge in [-0.2, -0.15) is 0 Å². The fraction of sp³-hybridized carbons (Fsp3) is 0.828. The summed E-state index contributed by atoms with van der Waals surface area (Å²) in [6.07, 6.45) is 65.9. The van der Waals surface area contributed by atoms with Crippen molar-refractivity contribution in [2.24, 2.45) is 0 Å². The molecule has 0 fully saturated rings. The molecule has 0 aliphatic carbocycles. The third kappa shape index (κ3) is 56.8. The van der Waals surface area contributed by atoms with Gasteiger partial charge < -0.3 is 33.3 Å². The molecule has 2 unspecified atom stereocenters. The third-order valence-electron chi connectivity index (χ3n) is 13.5. The van der Waals surface area contributed by atoms with Crippen LogP contribution in [0.4, 0.5) is 0 Å². The number of hydrogen-bond donors (Lipinski definition) is 0. The van der Waals surface area contributed by atoms with E-state index in [1.54, 1.807) is 0 Å². The van der Waals surface area contributed by atoms with Crippen LogP contribution in [0.1, 0.15) is 284 Å². The van der Waals surface area contributed by atoms with Gasteiger partial charge in [-0.05, 0) is 77.0 Å². The van der Waals surface area contributed by atoms with Crippen LogP contribution < -0.4 is 5.11 Å². The van der Waals surface area contributed by atoms with Crippen LogP contribution in [0, 0.1) is 0 Å². The molecule has 0 saturated carbocycles. The number of unbranched alkanes of at least 4 members (excludes halogenated alkanes) is 34. The molecule has 0 radical (unpaired) electrons. The van der Waals surface area contributed by atoms with Gasteiger partial charge in [0.2, 0.25) is 0 Å². The minimum Gasteiger partial charge on any atom is -0.545 e. The fourth-order valence-electron chi connectivity index (χ4n) is 8.78. The van der Waals surface area contributed by atoms with E-state index in [-0.39, 0.29) is 38.6 Å². The van der Waals surface area contributed by atoms with E-state index in [9.17, 15) is 19.5 Å². The standard InChI is InChI=1S/C64H117NO8/c1-6-8-10-12-14-16-18-20-22-24-26-28-29-30-31-32-33-35-37-39-41-43-45-47-49-51-53-55-62(67)73-60(59-72-64(63(68)69)70-57-56-65(3,4)5)58-71-61(66)54-52-50-48-46-44-42-40-38-36-34-27-25-23-21-19-17-15-13-11-9-7-2/h18-21,24-27,60,64H,6-17,22-23,28-59H2,1-5H3/b20-18-,21-19-,26-24-,27-25-. The van der Waals surface area contributed by atoms with Crippen molar-refractivity contribution in [1.82, 2.24) is 0 Å². The lowest BCUT2D eigenvalue weighted by Crippen LogP contribution is -2.44. The maximum Gasteiger partial charge on any atom is 0.306 e. The molecule has 0 spiro atoms. The smallest absolute Gasteiger partial charge is 0.306 e. The van der Waals surface area contributed by atoms with Crippen LogP contribution in [0.2, 0.25) is 0 Å². The summed E-state index contributed by atoms with van der Waals surface area (Å²) in [5, 5.41) is 11.8. The van der Waals surface area contributed by atoms with Gasteiger partial charge in [0.25, 0.3) is 0 Å². The maximum absolute atomic E-state index is 12.9. The Hall–Kier alpha value is -2.75. The first kappa shape index (κ1) is 70.2. The lowest BCUT2D eigenvalue weighted by atomic mass is 10.0. The van der Waals surface area contributed by atoms with Crippen molar-refractivity contribution < 1.29 is 42.9 Å². The van der Waals surface area contributed by atoms with E-state index < -0.39 is 24.3 Å². The Balaban J connectivity index is 4.19. The molecule has 73 heavy (non-hydrogen) atoms. The normalized spacial score (nSPS) is 13.1. The maximum atomic E-state index is 12.9. The van der Waals surface area contributed by atoms with E-state index in [2.05, 4.69) is 62.5 Å². The molecule has 0 aliphatic heterocycles. The Kier molecular flexibility index (Phi) is 53.4. The number of quaternary nitrogens is 1. The van der Waals surface area contributed by atoms with Crippen molar-refractivity contribution in [3.05, 3.63) is 48.6 Å². The van der Waals surface area contributed by atoms with Crippen molar-refractivity contribution in [3.63, 3.8) is 0 Å². The second kappa shape index (κ2) is 55.5. The number of rotatable bonds is 57. The Bertz CT molecular complexity index is 1340. The molecule has 2 atom stereocenters. The van der Waals surface area contributed by atoms with Crippen molar-refractivity contribution in [3.8, 4) is 0 Å². The quantitative estimate of drug-likeness (QED) is 0.0195. The summed E-state index contributed by atoms with van der Waals surface area (Å²) in [6.45, 7) is 4.76. The van der Waals surface area contributed by atoms with Crippen LogP contribution in [0.25, 0.3) is 0 Å². The molecule has 0 aromatic carbocycles. The van der Waals surface area contributed by atoms with E-state index in [0.29, 0.717) is 17.4 Å². The van der Waals surface area contributed by atoms with Crippen molar-refractivity contribution in [2.45, 2.75) is 296 Å². The average molecular weight is 1030 g/mol. The van der Waals surface area contributed by atoms with Crippen LogP contribution in [0.5, 0.6) is 0 Å². The summed E-state index contributed by atoms with van der Waals surface area (Å²) in [4.78, 5) is 37.3. The molecule has 0 rings (SSSR count). The Labute approximate surface area is 451 Å². The molecule has 0 aromatic heterocycles. The fourth-order valence-corrected chi connectivity index (χ4v) is 8.78. The van der Waals surface area contributed by atoms with E-state index in [1.165, 1.54) is 205 Å². The molecule has 9 nitrogen and oxygen atoms in total. The third-order valence-corrected chi connectivity index (χ3v) is 13.5. The molecule has 0 heterocycles. The number of carboxylic acids is 1. The number of aliphatic carboxylic acids is 1. The molecule has 0 aromatic rings. The Morgan fingerprint density at radius 2 is 0.740 bits per heavy atom. The largest absolute Gasteiger partial charge is 0.545 e. The van der Waals surface area contributed by atoms with Gasteiger partial charge >= 0.3 is 11.9 Å². The van der Waals surface area contributed by atoms with Crippen LogP contribution in [0.15, 0.2) is 48.6 Å². The van der Waals surface area contributed by atoms with Crippen molar-refractivity contribution in [1.29, 1.82) is 0 Å². The molecule has 0 N–H and O–H groups in total. The molecule has 0 aliphatic rings. The molecule has 426 valence electrons. The van der Waals surface area contributed by atoms with Gasteiger partial charge in [-0.1, -0.05) is 242 Å². The van der Waals surface area contributed by atoms with Gasteiger partial charge in [-0.3, -0.25) is 9.59 Å². The van der Waals surface area contributed by atoms with Gasteiger partial charge in [0, 0.05) is 12.8 Å². The van der Waals surface area contributed by atoms with E-state index in [0.717, 1.165) is 44.9 Å². The van der Waals surface area contributed by atoms with E-state index in [4.69, 9.17) is 18.9 Å². The number of likely N-dealkylation sites (N-methyl/N-ethyl adjacent to an activating group) is 1. The first-order chi connectivity index (χ1) is 35.6. The van der Waals surface area contributed by atoms with Gasteiger partial charge in [0.05, 0.1) is 40.3 Å². The zero-order valence-corrected chi connectivity index (χ0v) is 48.5. The molecule has 0 bridgehead atoms. The van der Waals surface area contributed by atoms with Crippen molar-refractivity contribution >= 4 is 17.9 Å². The second-order valence-electron chi connectivity index (χ2n) is 22.0. The van der Waals surface area contributed by atoms with E-state index in [1.807, 2.05) is 21.1 Å². The summed E-state index contributed by atoms with van der Waals surface area (Å²) in [7, 11) is 5.93. The molecule has 9 heteroatoms. The highest BCUT2D eigenvalue weighted by Crippen LogP contribution is 2.17. The van der Waals surface area contributed by atoms with Crippen LogP contribution in [0.3, 0.4) is 0 Å². The summed E-state index contributed by atoms with van der Waals surface area (Å²) in [5.74, 6) is -2.28. The summed E-state index contributed by atoms with van der Waals surface area (Å²) >= 11 is 0. The molecule has 0 amide bonds. The summed E-state index contributed by atoms with van der Waals surface area (Å²) in [5.41, 5.74) is 0. The van der Waals surface area contributed by atoms with Gasteiger partial charge in [0.1, 0.15) is 13.2 Å². The van der Waals surface area contributed by atoms with Crippen LogP contribution in [-0.2, 0) is 33.3 Å². The Morgan fingerprint density at radius 3 is 1.08 bits per heavy atom. The zero-order valence-electron chi connectivity index (χ0n) is 48.5. The number of hydrogen-bond acceptors (Lipinski definition) is 8. The monoisotopic (exact) mass is 1030 g/mol. The van der Waals surface area contributed by atoms with Gasteiger partial charge in [-0.15, -0.1) is 0 Å². The number of carbonyl (C=O) groups is 3. The van der Waals surface area contributed by atoms with E-state index >= 15 is 0 Å². The number of nitrogens with zero attached hydrogens (tertiary/aromatic N) is 1. The second-order valence-corrected chi connectivity index (χ2v) is 22.0. The lowest BCUT2D eigenvalue weighted by molar-refractivity contribution is -0.870. The minimum absolute atomic E-state index is 0.147.